The van der Waals surface area contributed by atoms with E-state index in [1.165, 1.54) is 0 Å². The summed E-state index contributed by atoms with van der Waals surface area (Å²) in [4.78, 5) is 0. The number of hydrogen-bond acceptors (Lipinski definition) is 2. The van der Waals surface area contributed by atoms with Gasteiger partial charge in [0.2, 0.25) is 0 Å². The van der Waals surface area contributed by atoms with E-state index in [0.29, 0.717) is 0 Å². The quantitative estimate of drug-likeness (QED) is 0.668. The number of hydrogen-bond donors (Lipinski definition) is 0. The summed E-state index contributed by atoms with van der Waals surface area (Å²) < 4.78 is 10.4. The third-order valence-corrected chi connectivity index (χ3v) is 2.15. The molecule has 0 N–H and O–H groups in total. The minimum Gasteiger partial charge on any atom is -0.497 e. The minimum absolute atomic E-state index is 0.0957. The Kier molecular flexibility index (Phi) is 4.20. The van der Waals surface area contributed by atoms with Crippen LogP contribution in [0.3, 0.4) is 0 Å². The van der Waals surface area contributed by atoms with Crippen LogP contribution in [-0.4, -0.2) is 14.2 Å². The fraction of sp³-hybridized carbons (Fsp3) is 0.333. The van der Waals surface area contributed by atoms with Crippen molar-refractivity contribution in [1.29, 1.82) is 0 Å². The van der Waals surface area contributed by atoms with Gasteiger partial charge in [-0.2, -0.15) is 0 Å². The highest BCUT2D eigenvalue weighted by Gasteiger charge is 2.07. The van der Waals surface area contributed by atoms with Crippen LogP contribution in [0.2, 0.25) is 0 Å². The molecule has 0 fully saturated rings. The van der Waals surface area contributed by atoms with Crippen molar-refractivity contribution in [1.82, 2.24) is 0 Å². The first-order valence-electron chi connectivity index (χ1n) is 4.59. The highest BCUT2D eigenvalue weighted by Crippen LogP contribution is 2.22. The maximum Gasteiger partial charge on any atom is 0.118 e. The van der Waals surface area contributed by atoms with Crippen molar-refractivity contribution in [2.24, 2.45) is 0 Å². The van der Waals surface area contributed by atoms with Gasteiger partial charge in [-0.1, -0.05) is 18.2 Å². The molecule has 0 amide bonds. The summed E-state index contributed by atoms with van der Waals surface area (Å²) in [5.41, 5.74) is 1.15. The zero-order valence-corrected chi connectivity index (χ0v) is 8.69. The summed E-state index contributed by atoms with van der Waals surface area (Å²) in [6, 6.07) is 7.89. The lowest BCUT2D eigenvalue weighted by atomic mass is 10.1. The first-order valence-corrected chi connectivity index (χ1v) is 4.59. The Balaban J connectivity index is 2.77. The maximum absolute atomic E-state index is 5.34. The highest BCUT2D eigenvalue weighted by molar-refractivity contribution is 5.28. The van der Waals surface area contributed by atoms with Gasteiger partial charge in [-0.3, -0.25) is 0 Å². The van der Waals surface area contributed by atoms with Crippen LogP contribution in [-0.2, 0) is 4.74 Å². The van der Waals surface area contributed by atoms with Gasteiger partial charge >= 0.3 is 0 Å². The summed E-state index contributed by atoms with van der Waals surface area (Å²) in [6.45, 7) is 3.70. The largest absolute Gasteiger partial charge is 0.497 e. The molecule has 2 nitrogen and oxygen atoms in total. The Morgan fingerprint density at radius 2 is 1.93 bits per heavy atom. The number of benzene rings is 1. The normalized spacial score (nSPS) is 12.1. The lowest BCUT2D eigenvalue weighted by molar-refractivity contribution is 0.106. The van der Waals surface area contributed by atoms with Crippen LogP contribution in [0.4, 0.5) is 0 Å². The molecule has 14 heavy (non-hydrogen) atoms. The van der Waals surface area contributed by atoms with E-state index in [1.807, 2.05) is 30.3 Å². The molecular formula is C12H16O2. The summed E-state index contributed by atoms with van der Waals surface area (Å²) in [7, 11) is 3.37. The van der Waals surface area contributed by atoms with E-state index in [9.17, 15) is 0 Å². The van der Waals surface area contributed by atoms with Crippen molar-refractivity contribution >= 4 is 0 Å². The van der Waals surface area contributed by atoms with Crippen LogP contribution in [0.15, 0.2) is 36.9 Å². The van der Waals surface area contributed by atoms with Gasteiger partial charge in [-0.25, -0.2) is 0 Å². The predicted octanol–water partition coefficient (Wildman–Crippen LogP) is 2.96. The van der Waals surface area contributed by atoms with Gasteiger partial charge in [0, 0.05) is 7.11 Å². The second kappa shape index (κ2) is 5.45. The number of ether oxygens (including phenoxy) is 2. The Hall–Kier alpha value is -1.28. The molecule has 0 bridgehead atoms. The van der Waals surface area contributed by atoms with E-state index in [0.717, 1.165) is 17.7 Å². The van der Waals surface area contributed by atoms with Crippen molar-refractivity contribution in [3.63, 3.8) is 0 Å². The Morgan fingerprint density at radius 1 is 1.29 bits per heavy atom. The fourth-order valence-electron chi connectivity index (χ4n) is 1.34. The van der Waals surface area contributed by atoms with E-state index >= 15 is 0 Å². The Morgan fingerprint density at radius 3 is 2.36 bits per heavy atom. The average Bonchev–Trinajstić information content (AvgIpc) is 2.26. The van der Waals surface area contributed by atoms with Crippen LogP contribution in [0.5, 0.6) is 5.75 Å². The maximum atomic E-state index is 5.34. The molecule has 1 atom stereocenters. The molecule has 0 saturated heterocycles. The topological polar surface area (TPSA) is 18.5 Å². The number of methoxy groups -OCH3 is 2. The lowest BCUT2D eigenvalue weighted by Crippen LogP contribution is -1.99. The molecule has 1 aromatic carbocycles. The van der Waals surface area contributed by atoms with Crippen LogP contribution >= 0.6 is 0 Å². The van der Waals surface area contributed by atoms with E-state index < -0.39 is 0 Å². The molecule has 0 aromatic heterocycles. The monoisotopic (exact) mass is 192 g/mol. The third-order valence-electron chi connectivity index (χ3n) is 2.15. The molecule has 0 saturated carbocycles. The summed E-state index contributed by atoms with van der Waals surface area (Å²) in [6.07, 6.45) is 2.78. The second-order valence-electron chi connectivity index (χ2n) is 3.02. The molecule has 0 heterocycles. The second-order valence-corrected chi connectivity index (χ2v) is 3.02. The van der Waals surface area contributed by atoms with Crippen molar-refractivity contribution in [3.8, 4) is 5.75 Å². The van der Waals surface area contributed by atoms with E-state index in [-0.39, 0.29) is 6.10 Å². The van der Waals surface area contributed by atoms with Crippen LogP contribution in [0.1, 0.15) is 18.1 Å². The zero-order chi connectivity index (χ0) is 10.4. The minimum atomic E-state index is 0.0957. The lowest BCUT2D eigenvalue weighted by Gasteiger charge is -2.13. The Bertz CT molecular complexity index is 277. The summed E-state index contributed by atoms with van der Waals surface area (Å²) >= 11 is 0. The van der Waals surface area contributed by atoms with Gasteiger partial charge in [0.05, 0.1) is 13.2 Å². The molecule has 1 unspecified atom stereocenters. The van der Waals surface area contributed by atoms with Gasteiger partial charge in [-0.15, -0.1) is 6.58 Å². The molecule has 2 heteroatoms. The molecule has 1 rings (SSSR count). The standard InChI is InChI=1S/C12H16O2/c1-4-5-12(14-3)10-6-8-11(13-2)9-7-10/h4,6-9,12H,1,5H2,2-3H3. The van der Waals surface area contributed by atoms with Gasteiger partial charge in [-0.05, 0) is 24.1 Å². The van der Waals surface area contributed by atoms with E-state index in [2.05, 4.69) is 6.58 Å². The fourth-order valence-corrected chi connectivity index (χ4v) is 1.34. The highest BCUT2D eigenvalue weighted by atomic mass is 16.5. The zero-order valence-electron chi connectivity index (χ0n) is 8.69. The average molecular weight is 192 g/mol. The van der Waals surface area contributed by atoms with Crippen LogP contribution in [0, 0.1) is 0 Å². The van der Waals surface area contributed by atoms with Crippen molar-refractivity contribution in [2.75, 3.05) is 14.2 Å². The molecule has 0 radical (unpaired) electrons. The van der Waals surface area contributed by atoms with Gasteiger partial charge in [0.15, 0.2) is 0 Å². The smallest absolute Gasteiger partial charge is 0.118 e. The predicted molar refractivity (Wildman–Crippen MR) is 57.6 cm³/mol. The van der Waals surface area contributed by atoms with Crippen molar-refractivity contribution in [3.05, 3.63) is 42.5 Å². The van der Waals surface area contributed by atoms with Crippen molar-refractivity contribution in [2.45, 2.75) is 12.5 Å². The summed E-state index contributed by atoms with van der Waals surface area (Å²) in [5.74, 6) is 0.863. The SMILES string of the molecule is C=CCC(OC)c1ccc(OC)cc1. The third kappa shape index (κ3) is 2.60. The molecule has 0 aliphatic carbocycles. The van der Waals surface area contributed by atoms with Crippen molar-refractivity contribution < 1.29 is 9.47 Å². The first kappa shape index (κ1) is 10.8. The van der Waals surface area contributed by atoms with Gasteiger partial charge in [0.1, 0.15) is 5.75 Å². The van der Waals surface area contributed by atoms with Crippen LogP contribution < -0.4 is 4.74 Å². The van der Waals surface area contributed by atoms with Crippen LogP contribution in [0.25, 0.3) is 0 Å². The molecule has 0 spiro atoms. The molecule has 0 aliphatic heterocycles. The van der Waals surface area contributed by atoms with Gasteiger partial charge < -0.3 is 9.47 Å². The molecular weight excluding hydrogens is 176 g/mol. The van der Waals surface area contributed by atoms with E-state index in [1.54, 1.807) is 14.2 Å². The summed E-state index contributed by atoms with van der Waals surface area (Å²) in [5, 5.41) is 0. The molecule has 0 aliphatic rings. The number of rotatable bonds is 5. The molecule has 1 aromatic rings. The first-order chi connectivity index (χ1) is 6.81. The molecule has 76 valence electrons. The Labute approximate surface area is 85.2 Å². The van der Waals surface area contributed by atoms with Gasteiger partial charge in [0.25, 0.3) is 0 Å². The van der Waals surface area contributed by atoms with E-state index in [4.69, 9.17) is 9.47 Å².